The Labute approximate surface area is 227 Å². The van der Waals surface area contributed by atoms with Crippen LogP contribution in [0.1, 0.15) is 49.8 Å². The molecule has 1 fully saturated rings. The summed E-state index contributed by atoms with van der Waals surface area (Å²) >= 11 is 6.67. The average molecular weight is 531 g/mol. The van der Waals surface area contributed by atoms with Crippen molar-refractivity contribution in [2.24, 2.45) is 5.92 Å². The number of nitrogens with zero attached hydrogens (tertiary/aromatic N) is 5. The third-order valence-electron chi connectivity index (χ3n) is 7.09. The minimum atomic E-state index is -1.11. The molecule has 1 aliphatic heterocycles. The lowest BCUT2D eigenvalue weighted by molar-refractivity contribution is 0.0663. The van der Waals surface area contributed by atoms with Crippen molar-refractivity contribution in [3.8, 4) is 11.1 Å². The smallest absolute Gasteiger partial charge is 0.255 e. The van der Waals surface area contributed by atoms with E-state index in [1.54, 1.807) is 50.9 Å². The second-order valence-corrected chi connectivity index (χ2v) is 10.8. The van der Waals surface area contributed by atoms with Gasteiger partial charge in [0.05, 0.1) is 21.8 Å². The number of benzene rings is 1. The lowest BCUT2D eigenvalue weighted by Crippen LogP contribution is -2.44. The molecule has 1 saturated heterocycles. The molecule has 0 bridgehead atoms. The molecule has 2 N–H and O–H groups in total. The van der Waals surface area contributed by atoms with Crippen LogP contribution in [0.2, 0.25) is 5.02 Å². The number of hydrogen-bond acceptors (Lipinski definition) is 7. The van der Waals surface area contributed by atoms with Gasteiger partial charge in [-0.1, -0.05) is 17.7 Å². The molecule has 38 heavy (non-hydrogen) atoms. The largest absolute Gasteiger partial charge is 0.382 e. The van der Waals surface area contributed by atoms with Crippen LogP contribution in [-0.4, -0.2) is 55.0 Å². The average Bonchev–Trinajstić information content (AvgIpc) is 2.94. The molecule has 196 valence electrons. The van der Waals surface area contributed by atoms with Crippen molar-refractivity contribution in [1.29, 1.82) is 0 Å². The SMILES string of the molecule is C[C@H](Nc1c(Cl)cnc2ccc(-c3cnc(C(C)(C)O)nc3)cc12)[C@H]1CCCN(C(=O)c2cccnc2)C1. The number of halogens is 1. The third-order valence-corrected chi connectivity index (χ3v) is 7.37. The van der Waals surface area contributed by atoms with Gasteiger partial charge in [-0.05, 0) is 69.4 Å². The Morgan fingerprint density at radius 1 is 1.13 bits per heavy atom. The summed E-state index contributed by atoms with van der Waals surface area (Å²) in [6.45, 7) is 6.86. The molecule has 1 amide bonds. The standard InChI is InChI=1S/C29H31ClN6O2/c1-18(21-7-5-11-36(17-21)27(37)20-6-4-10-31-13-20)35-26-23-12-19(8-9-25(23)32-16-24(26)30)22-14-33-28(34-15-22)29(2,3)38/h4,6,8-10,12-16,18,21,38H,5,7,11,17H2,1-3H3,(H,32,35)/t18-,21-/m0/s1. The van der Waals surface area contributed by atoms with E-state index in [1.165, 1.54) is 0 Å². The van der Waals surface area contributed by atoms with Crippen molar-refractivity contribution in [3.63, 3.8) is 0 Å². The van der Waals surface area contributed by atoms with Gasteiger partial charge in [0.1, 0.15) is 5.60 Å². The van der Waals surface area contributed by atoms with Gasteiger partial charge in [-0.25, -0.2) is 9.97 Å². The Morgan fingerprint density at radius 3 is 2.63 bits per heavy atom. The second kappa shape index (κ2) is 10.6. The topological polar surface area (TPSA) is 104 Å². The quantitative estimate of drug-likeness (QED) is 0.347. The van der Waals surface area contributed by atoms with Crippen molar-refractivity contribution < 1.29 is 9.90 Å². The van der Waals surface area contributed by atoms with Crippen molar-refractivity contribution in [2.45, 2.75) is 45.3 Å². The molecule has 0 spiro atoms. The van der Waals surface area contributed by atoms with Crippen LogP contribution in [0.4, 0.5) is 5.69 Å². The fourth-order valence-corrected chi connectivity index (χ4v) is 5.11. The van der Waals surface area contributed by atoms with Crippen LogP contribution in [0, 0.1) is 5.92 Å². The number of rotatable bonds is 6. The molecule has 2 atom stereocenters. The molecule has 9 heteroatoms. The summed E-state index contributed by atoms with van der Waals surface area (Å²) in [6.07, 6.45) is 10.3. The number of pyridine rings is 2. The zero-order valence-corrected chi connectivity index (χ0v) is 22.5. The minimum absolute atomic E-state index is 0.0184. The van der Waals surface area contributed by atoms with Gasteiger partial charge in [0, 0.05) is 61.1 Å². The van der Waals surface area contributed by atoms with Crippen LogP contribution in [0.5, 0.6) is 0 Å². The molecule has 0 aliphatic carbocycles. The number of carbonyl (C=O) groups excluding carboxylic acids is 1. The molecule has 1 aromatic carbocycles. The van der Waals surface area contributed by atoms with Gasteiger partial charge in [-0.15, -0.1) is 0 Å². The van der Waals surface area contributed by atoms with Crippen molar-refractivity contribution in [2.75, 3.05) is 18.4 Å². The van der Waals surface area contributed by atoms with Gasteiger partial charge in [0.15, 0.2) is 5.82 Å². The number of hydrogen-bond donors (Lipinski definition) is 2. The fraction of sp³-hybridized carbons (Fsp3) is 0.345. The number of nitrogens with one attached hydrogen (secondary N) is 1. The van der Waals surface area contributed by atoms with Gasteiger partial charge in [0.25, 0.3) is 5.91 Å². The highest BCUT2D eigenvalue weighted by Gasteiger charge is 2.29. The predicted octanol–water partition coefficient (Wildman–Crippen LogP) is 5.32. The van der Waals surface area contributed by atoms with E-state index in [2.05, 4.69) is 32.2 Å². The summed E-state index contributed by atoms with van der Waals surface area (Å²) in [7, 11) is 0. The Balaban J connectivity index is 1.38. The number of carbonyl (C=O) groups is 1. The first kappa shape index (κ1) is 26.0. The molecule has 3 aromatic heterocycles. The maximum atomic E-state index is 13.0. The molecule has 0 radical (unpaired) electrons. The van der Waals surface area contributed by atoms with Crippen LogP contribution in [0.25, 0.3) is 22.0 Å². The maximum absolute atomic E-state index is 13.0. The van der Waals surface area contributed by atoms with E-state index in [9.17, 15) is 9.90 Å². The molecule has 4 heterocycles. The summed E-state index contributed by atoms with van der Waals surface area (Å²) in [5.74, 6) is 0.644. The molecule has 8 nitrogen and oxygen atoms in total. The summed E-state index contributed by atoms with van der Waals surface area (Å²) in [6, 6.07) is 9.63. The number of fused-ring (bicyclic) bond motifs is 1. The summed E-state index contributed by atoms with van der Waals surface area (Å²) in [5.41, 5.74) is 2.89. The Hall–Kier alpha value is -3.62. The second-order valence-electron chi connectivity index (χ2n) is 10.4. The molecule has 1 aliphatic rings. The first-order valence-electron chi connectivity index (χ1n) is 12.8. The van der Waals surface area contributed by atoms with Crippen LogP contribution in [0.3, 0.4) is 0 Å². The molecule has 0 saturated carbocycles. The normalized spacial score (nSPS) is 16.9. The summed E-state index contributed by atoms with van der Waals surface area (Å²) < 4.78 is 0. The summed E-state index contributed by atoms with van der Waals surface area (Å²) in [4.78, 5) is 32.2. The zero-order valence-electron chi connectivity index (χ0n) is 21.7. The van der Waals surface area contributed by atoms with Crippen molar-refractivity contribution in [3.05, 3.63) is 77.7 Å². The van der Waals surface area contributed by atoms with Gasteiger partial charge >= 0.3 is 0 Å². The molecule has 5 rings (SSSR count). The van der Waals surface area contributed by atoms with Crippen molar-refractivity contribution >= 4 is 34.1 Å². The number of aliphatic hydroxyl groups is 1. The molecule has 4 aromatic rings. The Morgan fingerprint density at radius 2 is 1.92 bits per heavy atom. The van der Waals surface area contributed by atoms with Gasteiger partial charge < -0.3 is 15.3 Å². The number of anilines is 1. The zero-order chi connectivity index (χ0) is 26.9. The molecular weight excluding hydrogens is 500 g/mol. The van der Waals surface area contributed by atoms with E-state index in [4.69, 9.17) is 11.6 Å². The highest BCUT2D eigenvalue weighted by molar-refractivity contribution is 6.34. The van der Waals surface area contributed by atoms with E-state index in [0.717, 1.165) is 47.1 Å². The maximum Gasteiger partial charge on any atom is 0.255 e. The Bertz CT molecular complexity index is 1440. The van der Waals surface area contributed by atoms with E-state index in [1.807, 2.05) is 29.2 Å². The van der Waals surface area contributed by atoms with E-state index < -0.39 is 5.60 Å². The van der Waals surface area contributed by atoms with Crippen LogP contribution in [0.15, 0.2) is 61.3 Å². The van der Waals surface area contributed by atoms with E-state index >= 15 is 0 Å². The Kier molecular flexibility index (Phi) is 7.27. The number of amides is 1. The summed E-state index contributed by atoms with van der Waals surface area (Å²) in [5, 5.41) is 15.2. The monoisotopic (exact) mass is 530 g/mol. The first-order valence-corrected chi connectivity index (χ1v) is 13.2. The van der Waals surface area contributed by atoms with Gasteiger partial charge in [0.2, 0.25) is 0 Å². The number of aromatic nitrogens is 4. The number of piperidine rings is 1. The minimum Gasteiger partial charge on any atom is -0.382 e. The van der Waals surface area contributed by atoms with Gasteiger partial charge in [-0.2, -0.15) is 0 Å². The van der Waals surface area contributed by atoms with Crippen LogP contribution >= 0.6 is 11.6 Å². The van der Waals surface area contributed by atoms with Crippen LogP contribution < -0.4 is 5.32 Å². The first-order chi connectivity index (χ1) is 18.2. The van der Waals surface area contributed by atoms with E-state index in [0.29, 0.717) is 23.0 Å². The highest BCUT2D eigenvalue weighted by atomic mass is 35.5. The fourth-order valence-electron chi connectivity index (χ4n) is 4.91. The third kappa shape index (κ3) is 5.47. The molecular formula is C29H31ClN6O2. The van der Waals surface area contributed by atoms with Crippen molar-refractivity contribution in [1.82, 2.24) is 24.8 Å². The molecule has 0 unspecified atom stereocenters. The lowest BCUT2D eigenvalue weighted by Gasteiger charge is -2.36. The lowest BCUT2D eigenvalue weighted by atomic mass is 9.91. The van der Waals surface area contributed by atoms with E-state index in [-0.39, 0.29) is 17.9 Å². The predicted molar refractivity (Wildman–Crippen MR) is 149 cm³/mol. The van der Waals surface area contributed by atoms with Gasteiger partial charge in [-0.3, -0.25) is 14.8 Å². The van der Waals surface area contributed by atoms with Crippen LogP contribution in [-0.2, 0) is 5.60 Å². The highest BCUT2D eigenvalue weighted by Crippen LogP contribution is 2.35. The number of likely N-dealkylation sites (tertiary alicyclic amines) is 1.